The zero-order chi connectivity index (χ0) is 20.3. The second-order valence-electron chi connectivity index (χ2n) is 7.04. The molecule has 0 aliphatic carbocycles. The van der Waals surface area contributed by atoms with Gasteiger partial charge in [-0.15, -0.1) is 5.10 Å². The van der Waals surface area contributed by atoms with Gasteiger partial charge in [-0.3, -0.25) is 4.98 Å². The smallest absolute Gasteiger partial charge is 0.132 e. The van der Waals surface area contributed by atoms with Gasteiger partial charge in [-0.2, -0.15) is 5.26 Å². The minimum atomic E-state index is 0.609. The Bertz CT molecular complexity index is 1370. The molecule has 5 nitrogen and oxygen atoms in total. The van der Waals surface area contributed by atoms with Gasteiger partial charge in [0.05, 0.1) is 30.1 Å². The van der Waals surface area contributed by atoms with Crippen LogP contribution in [-0.4, -0.2) is 20.0 Å². The van der Waals surface area contributed by atoms with Crippen molar-refractivity contribution in [2.75, 3.05) is 0 Å². The maximum atomic E-state index is 9.32. The molecule has 0 atom stereocenters. The van der Waals surface area contributed by atoms with Crippen LogP contribution in [0.25, 0.3) is 33.3 Å². The number of nitrogens with zero attached hydrogens (tertiary/aromatic N) is 5. The molecule has 0 fully saturated rings. The van der Waals surface area contributed by atoms with Crippen molar-refractivity contribution in [2.24, 2.45) is 0 Å². The molecule has 30 heavy (non-hydrogen) atoms. The van der Waals surface area contributed by atoms with Crippen LogP contribution >= 0.6 is 0 Å². The molecule has 0 unspecified atom stereocenters. The Balaban J connectivity index is 1.40. The summed E-state index contributed by atoms with van der Waals surface area (Å²) in [5.41, 5.74) is 5.34. The van der Waals surface area contributed by atoms with Gasteiger partial charge >= 0.3 is 0 Å². The molecule has 5 aromatic rings. The van der Waals surface area contributed by atoms with Crippen molar-refractivity contribution in [1.82, 2.24) is 20.0 Å². The third-order valence-corrected chi connectivity index (χ3v) is 5.11. The van der Waals surface area contributed by atoms with Gasteiger partial charge in [0, 0.05) is 11.6 Å². The number of rotatable bonds is 4. The molecule has 0 saturated heterocycles. The molecule has 0 radical (unpaired) electrons. The molecule has 0 N–H and O–H groups in total. The second-order valence-corrected chi connectivity index (χ2v) is 7.04. The lowest BCUT2D eigenvalue weighted by atomic mass is 9.99. The summed E-state index contributed by atoms with van der Waals surface area (Å²) in [5, 5.41) is 20.1. The van der Waals surface area contributed by atoms with E-state index in [0.717, 1.165) is 38.9 Å². The summed E-state index contributed by atoms with van der Waals surface area (Å²) in [7, 11) is 0. The zero-order valence-corrected chi connectivity index (χ0v) is 16.1. The molecular formula is C25H17N5. The molecule has 142 valence electrons. The Kier molecular flexibility index (Phi) is 4.51. The quantitative estimate of drug-likeness (QED) is 0.431. The van der Waals surface area contributed by atoms with Gasteiger partial charge in [0.2, 0.25) is 0 Å². The van der Waals surface area contributed by atoms with Gasteiger partial charge < -0.3 is 0 Å². The first kappa shape index (κ1) is 17.8. The predicted molar refractivity (Wildman–Crippen MR) is 116 cm³/mol. The molecule has 0 aliphatic heterocycles. The molecular weight excluding hydrogens is 370 g/mol. The minimum Gasteiger partial charge on any atom is -0.254 e. The van der Waals surface area contributed by atoms with E-state index in [9.17, 15) is 5.26 Å². The molecule has 0 bridgehead atoms. The lowest BCUT2D eigenvalue weighted by molar-refractivity contribution is 0.650. The van der Waals surface area contributed by atoms with E-state index < -0.39 is 0 Å². The third-order valence-electron chi connectivity index (χ3n) is 5.11. The van der Waals surface area contributed by atoms with E-state index >= 15 is 0 Å². The molecule has 5 heteroatoms. The van der Waals surface area contributed by atoms with Crippen LogP contribution in [0, 0.1) is 11.3 Å². The van der Waals surface area contributed by atoms with E-state index in [1.807, 2.05) is 65.5 Å². The molecule has 0 saturated carbocycles. The Morgan fingerprint density at radius 3 is 2.53 bits per heavy atom. The molecule has 2 heterocycles. The monoisotopic (exact) mass is 387 g/mol. The first-order chi connectivity index (χ1) is 14.8. The SMILES string of the molecule is N#Cc1ccccc1-c1ccc(Cn2cc(-c3nccc4ccccc34)nn2)cc1. The summed E-state index contributed by atoms with van der Waals surface area (Å²) >= 11 is 0. The summed E-state index contributed by atoms with van der Waals surface area (Å²) in [4.78, 5) is 4.52. The first-order valence-corrected chi connectivity index (χ1v) is 9.64. The van der Waals surface area contributed by atoms with E-state index in [1.54, 1.807) is 6.20 Å². The van der Waals surface area contributed by atoms with Crippen LogP contribution < -0.4 is 0 Å². The average molecular weight is 387 g/mol. The number of hydrogen-bond acceptors (Lipinski definition) is 4. The fourth-order valence-corrected chi connectivity index (χ4v) is 3.62. The molecule has 0 aliphatic rings. The van der Waals surface area contributed by atoms with Crippen molar-refractivity contribution < 1.29 is 0 Å². The highest BCUT2D eigenvalue weighted by atomic mass is 15.4. The largest absolute Gasteiger partial charge is 0.254 e. The number of fused-ring (bicyclic) bond motifs is 1. The zero-order valence-electron chi connectivity index (χ0n) is 16.1. The van der Waals surface area contributed by atoms with Crippen LogP contribution in [0.1, 0.15) is 11.1 Å². The van der Waals surface area contributed by atoms with E-state index in [-0.39, 0.29) is 0 Å². The summed E-state index contributed by atoms with van der Waals surface area (Å²) in [6.45, 7) is 0.609. The normalized spacial score (nSPS) is 10.8. The number of benzene rings is 3. The number of nitriles is 1. The highest BCUT2D eigenvalue weighted by Crippen LogP contribution is 2.25. The Hall–Kier alpha value is -4.30. The van der Waals surface area contributed by atoms with Crippen molar-refractivity contribution in [1.29, 1.82) is 5.26 Å². The van der Waals surface area contributed by atoms with Crippen LogP contribution in [-0.2, 0) is 6.54 Å². The standard InChI is InChI=1S/C25H17N5/c26-15-21-6-2-3-7-22(21)20-11-9-18(10-12-20)16-30-17-24(28-29-30)25-23-8-4-1-5-19(23)13-14-27-25/h1-14,17H,16H2. The Labute approximate surface area is 173 Å². The van der Waals surface area contributed by atoms with E-state index in [4.69, 9.17) is 0 Å². The van der Waals surface area contributed by atoms with Crippen LogP contribution in [0.15, 0.2) is 91.3 Å². The van der Waals surface area contributed by atoms with Crippen molar-refractivity contribution in [2.45, 2.75) is 6.54 Å². The minimum absolute atomic E-state index is 0.609. The molecule has 5 rings (SSSR count). The van der Waals surface area contributed by atoms with E-state index in [0.29, 0.717) is 12.1 Å². The topological polar surface area (TPSA) is 67.4 Å². The lowest BCUT2D eigenvalue weighted by Gasteiger charge is -2.06. The summed E-state index contributed by atoms with van der Waals surface area (Å²) in [5.74, 6) is 0. The van der Waals surface area contributed by atoms with Gasteiger partial charge in [0.1, 0.15) is 5.69 Å². The highest BCUT2D eigenvalue weighted by molar-refractivity contribution is 5.93. The van der Waals surface area contributed by atoms with Crippen LogP contribution in [0.4, 0.5) is 0 Å². The fraction of sp³-hybridized carbons (Fsp3) is 0.0400. The molecule has 2 aromatic heterocycles. The molecule has 0 spiro atoms. The van der Waals surface area contributed by atoms with E-state index in [2.05, 4.69) is 45.6 Å². The van der Waals surface area contributed by atoms with Crippen molar-refractivity contribution >= 4 is 10.8 Å². The van der Waals surface area contributed by atoms with Crippen LogP contribution in [0.3, 0.4) is 0 Å². The van der Waals surface area contributed by atoms with Crippen molar-refractivity contribution in [3.8, 4) is 28.6 Å². The fourth-order valence-electron chi connectivity index (χ4n) is 3.62. The van der Waals surface area contributed by atoms with Gasteiger partial charge in [-0.05, 0) is 34.2 Å². The Morgan fingerprint density at radius 1 is 0.867 bits per heavy atom. The lowest BCUT2D eigenvalue weighted by Crippen LogP contribution is -2.00. The summed E-state index contributed by atoms with van der Waals surface area (Å²) < 4.78 is 1.82. The molecule has 0 amide bonds. The van der Waals surface area contributed by atoms with Gasteiger partial charge in [-0.25, -0.2) is 4.68 Å². The number of pyridine rings is 1. The van der Waals surface area contributed by atoms with Crippen LogP contribution in [0.5, 0.6) is 0 Å². The first-order valence-electron chi connectivity index (χ1n) is 9.64. The predicted octanol–water partition coefficient (Wildman–Crippen LogP) is 5.08. The number of aromatic nitrogens is 4. The van der Waals surface area contributed by atoms with E-state index in [1.165, 1.54) is 0 Å². The van der Waals surface area contributed by atoms with Crippen molar-refractivity contribution in [3.05, 3.63) is 102 Å². The summed E-state index contributed by atoms with van der Waals surface area (Å²) in [6, 6.07) is 28.2. The number of hydrogen-bond donors (Lipinski definition) is 0. The van der Waals surface area contributed by atoms with Gasteiger partial charge in [0.25, 0.3) is 0 Å². The van der Waals surface area contributed by atoms with Gasteiger partial charge in [0.15, 0.2) is 0 Å². The average Bonchev–Trinajstić information content (AvgIpc) is 3.27. The maximum absolute atomic E-state index is 9.32. The maximum Gasteiger partial charge on any atom is 0.132 e. The Morgan fingerprint density at radius 2 is 1.67 bits per heavy atom. The van der Waals surface area contributed by atoms with Gasteiger partial charge in [-0.1, -0.05) is 71.9 Å². The third kappa shape index (κ3) is 3.31. The summed E-state index contributed by atoms with van der Waals surface area (Å²) in [6.07, 6.45) is 3.72. The van der Waals surface area contributed by atoms with Crippen molar-refractivity contribution in [3.63, 3.8) is 0 Å². The molecule has 3 aromatic carbocycles. The highest BCUT2D eigenvalue weighted by Gasteiger charge is 2.10. The second kappa shape index (κ2) is 7.61. The van der Waals surface area contributed by atoms with Crippen LogP contribution in [0.2, 0.25) is 0 Å².